The average Bonchev–Trinajstić information content (AvgIpc) is 3.17. The van der Waals surface area contributed by atoms with Gasteiger partial charge in [-0.2, -0.15) is 0 Å². The van der Waals surface area contributed by atoms with Crippen molar-refractivity contribution >= 4 is 28.6 Å². The molecule has 0 aliphatic heterocycles. The SMILES string of the molecule is O=C(NCC1(c2ccccc2)CCC1)c1oc2ccccc2c1CSc1ncccn1. The summed E-state index contributed by atoms with van der Waals surface area (Å²) in [7, 11) is 0. The lowest BCUT2D eigenvalue weighted by Crippen LogP contribution is -2.45. The molecule has 1 aliphatic rings. The molecule has 1 amide bonds. The molecule has 0 saturated heterocycles. The monoisotopic (exact) mass is 429 g/mol. The maximum atomic E-state index is 13.2. The zero-order valence-corrected chi connectivity index (χ0v) is 17.9. The van der Waals surface area contributed by atoms with Gasteiger partial charge in [0.15, 0.2) is 10.9 Å². The third kappa shape index (κ3) is 3.95. The van der Waals surface area contributed by atoms with Crippen molar-refractivity contribution in [3.63, 3.8) is 0 Å². The highest BCUT2D eigenvalue weighted by Gasteiger charge is 2.39. The van der Waals surface area contributed by atoms with Gasteiger partial charge in [0.05, 0.1) is 0 Å². The Hall–Kier alpha value is -3.12. The second kappa shape index (κ2) is 8.55. The fourth-order valence-electron chi connectivity index (χ4n) is 4.21. The molecule has 4 aromatic rings. The summed E-state index contributed by atoms with van der Waals surface area (Å²) < 4.78 is 6.01. The molecule has 1 aliphatic carbocycles. The van der Waals surface area contributed by atoms with Gasteiger partial charge in [0, 0.05) is 41.1 Å². The minimum atomic E-state index is -0.164. The van der Waals surface area contributed by atoms with Gasteiger partial charge in [0.25, 0.3) is 5.91 Å². The lowest BCUT2D eigenvalue weighted by Gasteiger charge is -2.42. The molecule has 0 atom stereocenters. The van der Waals surface area contributed by atoms with Crippen molar-refractivity contribution in [2.24, 2.45) is 0 Å². The zero-order chi connectivity index (χ0) is 21.1. The van der Waals surface area contributed by atoms with Crippen LogP contribution in [0.3, 0.4) is 0 Å². The van der Waals surface area contributed by atoms with Crippen LogP contribution in [0.15, 0.2) is 82.6 Å². The molecule has 6 heteroatoms. The van der Waals surface area contributed by atoms with E-state index in [0.29, 0.717) is 23.2 Å². The van der Waals surface area contributed by atoms with Crippen LogP contribution in [0.4, 0.5) is 0 Å². The van der Waals surface area contributed by atoms with Crippen molar-refractivity contribution in [2.45, 2.75) is 35.6 Å². The number of benzene rings is 2. The van der Waals surface area contributed by atoms with E-state index in [1.54, 1.807) is 18.5 Å². The number of para-hydroxylation sites is 1. The number of hydrogen-bond donors (Lipinski definition) is 1. The van der Waals surface area contributed by atoms with Crippen molar-refractivity contribution in [1.29, 1.82) is 0 Å². The highest BCUT2D eigenvalue weighted by Crippen LogP contribution is 2.43. The Labute approximate surface area is 185 Å². The minimum Gasteiger partial charge on any atom is -0.451 e. The van der Waals surface area contributed by atoms with Crippen molar-refractivity contribution in [3.05, 3.63) is 89.9 Å². The summed E-state index contributed by atoms with van der Waals surface area (Å²) in [5, 5.41) is 4.80. The van der Waals surface area contributed by atoms with E-state index in [1.165, 1.54) is 23.7 Å². The van der Waals surface area contributed by atoms with Crippen LogP contribution in [0.5, 0.6) is 0 Å². The number of furan rings is 1. The summed E-state index contributed by atoms with van der Waals surface area (Å²) in [5.74, 6) is 0.781. The number of nitrogens with zero attached hydrogens (tertiary/aromatic N) is 2. The van der Waals surface area contributed by atoms with E-state index in [4.69, 9.17) is 4.42 Å². The van der Waals surface area contributed by atoms with E-state index in [9.17, 15) is 4.79 Å². The quantitative estimate of drug-likeness (QED) is 0.316. The number of fused-ring (bicyclic) bond motifs is 1. The van der Waals surface area contributed by atoms with Crippen LogP contribution >= 0.6 is 11.8 Å². The summed E-state index contributed by atoms with van der Waals surface area (Å²) in [6.45, 7) is 0.612. The molecule has 0 bridgehead atoms. The third-order valence-electron chi connectivity index (χ3n) is 6.08. The van der Waals surface area contributed by atoms with Gasteiger partial charge in [-0.25, -0.2) is 9.97 Å². The molecule has 5 nitrogen and oxygen atoms in total. The molecule has 0 unspecified atom stereocenters. The predicted molar refractivity (Wildman–Crippen MR) is 122 cm³/mol. The molecule has 1 saturated carbocycles. The summed E-state index contributed by atoms with van der Waals surface area (Å²) in [5.41, 5.74) is 2.92. The lowest BCUT2D eigenvalue weighted by atomic mass is 9.64. The normalized spacial score (nSPS) is 14.8. The van der Waals surface area contributed by atoms with E-state index >= 15 is 0 Å². The Bertz CT molecular complexity index is 1190. The average molecular weight is 430 g/mol. The molecular weight excluding hydrogens is 406 g/mol. The highest BCUT2D eigenvalue weighted by molar-refractivity contribution is 7.98. The fourth-order valence-corrected chi connectivity index (χ4v) is 5.05. The summed E-state index contributed by atoms with van der Waals surface area (Å²) in [6, 6.07) is 20.1. The molecular formula is C25H23N3O2S. The number of carbonyl (C=O) groups is 1. The van der Waals surface area contributed by atoms with Gasteiger partial charge in [-0.1, -0.05) is 66.7 Å². The number of hydrogen-bond acceptors (Lipinski definition) is 5. The molecule has 2 aromatic heterocycles. The molecule has 1 fully saturated rings. The van der Waals surface area contributed by atoms with E-state index in [1.807, 2.05) is 30.3 Å². The van der Waals surface area contributed by atoms with E-state index in [0.717, 1.165) is 29.4 Å². The fraction of sp³-hybridized carbons (Fsp3) is 0.240. The van der Waals surface area contributed by atoms with Gasteiger partial charge in [-0.15, -0.1) is 0 Å². The minimum absolute atomic E-state index is 0.0235. The van der Waals surface area contributed by atoms with Crippen LogP contribution in [-0.4, -0.2) is 22.4 Å². The van der Waals surface area contributed by atoms with Gasteiger partial charge in [0.2, 0.25) is 0 Å². The first-order valence-electron chi connectivity index (χ1n) is 10.5. The molecule has 5 rings (SSSR count). The zero-order valence-electron chi connectivity index (χ0n) is 17.1. The topological polar surface area (TPSA) is 68.0 Å². The van der Waals surface area contributed by atoms with Crippen molar-refractivity contribution in [2.75, 3.05) is 6.54 Å². The van der Waals surface area contributed by atoms with Gasteiger partial charge < -0.3 is 9.73 Å². The molecule has 31 heavy (non-hydrogen) atoms. The van der Waals surface area contributed by atoms with Gasteiger partial charge in [-0.05, 0) is 30.5 Å². The summed E-state index contributed by atoms with van der Waals surface area (Å²) in [6.07, 6.45) is 6.81. The maximum absolute atomic E-state index is 13.2. The van der Waals surface area contributed by atoms with Crippen LogP contribution in [-0.2, 0) is 11.2 Å². The second-order valence-electron chi connectivity index (χ2n) is 7.91. The highest BCUT2D eigenvalue weighted by atomic mass is 32.2. The number of nitrogens with one attached hydrogen (secondary N) is 1. The molecule has 0 radical (unpaired) electrons. The summed E-state index contributed by atoms with van der Waals surface area (Å²) >= 11 is 1.50. The largest absolute Gasteiger partial charge is 0.451 e. The van der Waals surface area contributed by atoms with Crippen molar-refractivity contribution < 1.29 is 9.21 Å². The van der Waals surface area contributed by atoms with E-state index in [-0.39, 0.29) is 11.3 Å². The predicted octanol–water partition coefficient (Wildman–Crippen LogP) is 5.37. The number of aromatic nitrogens is 2. The molecule has 2 aromatic carbocycles. The Morgan fingerprint density at radius 3 is 2.48 bits per heavy atom. The number of thioether (sulfide) groups is 1. The van der Waals surface area contributed by atoms with Crippen LogP contribution in [0.1, 0.15) is 40.9 Å². The Kier molecular flexibility index (Phi) is 5.47. The first-order valence-corrected chi connectivity index (χ1v) is 11.5. The first-order chi connectivity index (χ1) is 15.3. The molecule has 2 heterocycles. The van der Waals surface area contributed by atoms with E-state index in [2.05, 4.69) is 39.6 Å². The number of amides is 1. The molecule has 0 spiro atoms. The molecule has 1 N–H and O–H groups in total. The van der Waals surface area contributed by atoms with Crippen LogP contribution in [0.25, 0.3) is 11.0 Å². The van der Waals surface area contributed by atoms with Crippen LogP contribution in [0.2, 0.25) is 0 Å². The van der Waals surface area contributed by atoms with Crippen molar-refractivity contribution in [1.82, 2.24) is 15.3 Å². The summed E-state index contributed by atoms with van der Waals surface area (Å²) in [4.78, 5) is 21.8. The Morgan fingerprint density at radius 2 is 1.74 bits per heavy atom. The Balaban J connectivity index is 1.38. The number of rotatable bonds is 7. The second-order valence-corrected chi connectivity index (χ2v) is 8.85. The molecule has 156 valence electrons. The standard InChI is InChI=1S/C25H23N3O2S/c29-23(28-17-25(12-6-13-25)18-8-2-1-3-9-18)22-20(16-31-24-26-14-7-15-27-24)19-10-4-5-11-21(19)30-22/h1-5,7-11,14-15H,6,12-13,16-17H2,(H,28,29). The third-order valence-corrected chi connectivity index (χ3v) is 6.98. The number of carbonyl (C=O) groups excluding carboxylic acids is 1. The van der Waals surface area contributed by atoms with Gasteiger partial charge in [-0.3, -0.25) is 4.79 Å². The van der Waals surface area contributed by atoms with Gasteiger partial charge >= 0.3 is 0 Å². The van der Waals surface area contributed by atoms with Crippen LogP contribution < -0.4 is 5.32 Å². The Morgan fingerprint density at radius 1 is 1.00 bits per heavy atom. The van der Waals surface area contributed by atoms with Crippen LogP contribution in [0, 0.1) is 0 Å². The smallest absolute Gasteiger partial charge is 0.287 e. The first kappa shape index (κ1) is 19.8. The van der Waals surface area contributed by atoms with E-state index < -0.39 is 0 Å². The van der Waals surface area contributed by atoms with Gasteiger partial charge in [0.1, 0.15) is 5.58 Å². The maximum Gasteiger partial charge on any atom is 0.287 e. The van der Waals surface area contributed by atoms with Crippen molar-refractivity contribution in [3.8, 4) is 0 Å². The lowest BCUT2D eigenvalue weighted by molar-refractivity contribution is 0.0901.